The van der Waals surface area contributed by atoms with Gasteiger partial charge < -0.3 is 15.8 Å². The van der Waals surface area contributed by atoms with Crippen LogP contribution in [0, 0.1) is 0 Å². The number of fused-ring (bicyclic) bond motifs is 1. The summed E-state index contributed by atoms with van der Waals surface area (Å²) >= 11 is 0. The molecular formula is C16H15N3O2. The zero-order valence-electron chi connectivity index (χ0n) is 11.6. The lowest BCUT2D eigenvalue weighted by atomic mass is 10.1. The Morgan fingerprint density at radius 2 is 2.00 bits per heavy atom. The van der Waals surface area contributed by atoms with Crippen LogP contribution >= 0.6 is 0 Å². The third-order valence-electron chi connectivity index (χ3n) is 3.18. The molecule has 3 N–H and O–H groups in total. The minimum Gasteiger partial charge on any atom is -0.483 e. The summed E-state index contributed by atoms with van der Waals surface area (Å²) < 4.78 is 5.62. The standard InChI is InChI=1S/C16H15N3O2/c1-10(20)11-2-5-13(6-3-11)18-16-9-21-15-8-12(17)4-7-14(15)19-16/h2-8H,9,17H2,1H3,(H,18,19). The van der Waals surface area contributed by atoms with E-state index in [4.69, 9.17) is 10.5 Å². The zero-order chi connectivity index (χ0) is 14.8. The minimum atomic E-state index is 0.0476. The third kappa shape index (κ3) is 2.86. The fourth-order valence-electron chi connectivity index (χ4n) is 2.08. The predicted molar refractivity (Wildman–Crippen MR) is 83.5 cm³/mol. The van der Waals surface area contributed by atoms with Crippen LogP contribution in [0.4, 0.5) is 17.1 Å². The Balaban J connectivity index is 1.79. The number of anilines is 2. The van der Waals surface area contributed by atoms with E-state index in [2.05, 4.69) is 10.3 Å². The number of rotatable bonds is 2. The molecule has 3 rings (SSSR count). The molecule has 0 radical (unpaired) electrons. The molecule has 0 aromatic heterocycles. The number of ketones is 1. The molecule has 0 fully saturated rings. The Morgan fingerprint density at radius 3 is 2.71 bits per heavy atom. The number of nitrogen functional groups attached to an aromatic ring is 1. The largest absolute Gasteiger partial charge is 0.483 e. The van der Waals surface area contributed by atoms with Crippen LogP contribution < -0.4 is 15.8 Å². The van der Waals surface area contributed by atoms with E-state index >= 15 is 0 Å². The number of hydrogen-bond donors (Lipinski definition) is 2. The average molecular weight is 281 g/mol. The van der Waals surface area contributed by atoms with E-state index < -0.39 is 0 Å². The van der Waals surface area contributed by atoms with E-state index in [1.165, 1.54) is 0 Å². The Morgan fingerprint density at radius 1 is 1.24 bits per heavy atom. The second-order valence-corrected chi connectivity index (χ2v) is 4.83. The molecule has 5 nitrogen and oxygen atoms in total. The number of carbonyl (C=O) groups is 1. The maximum absolute atomic E-state index is 11.2. The number of aliphatic imine (C=N–C) groups is 1. The maximum atomic E-state index is 11.2. The van der Waals surface area contributed by atoms with Crippen LogP contribution in [0.1, 0.15) is 17.3 Å². The van der Waals surface area contributed by atoms with Crippen molar-refractivity contribution in [1.29, 1.82) is 0 Å². The molecular weight excluding hydrogens is 266 g/mol. The van der Waals surface area contributed by atoms with Crippen molar-refractivity contribution in [2.24, 2.45) is 4.99 Å². The van der Waals surface area contributed by atoms with Crippen molar-refractivity contribution in [2.45, 2.75) is 6.92 Å². The Labute approximate surface area is 122 Å². The quantitative estimate of drug-likeness (QED) is 0.655. The van der Waals surface area contributed by atoms with Crippen LogP contribution in [0.2, 0.25) is 0 Å². The summed E-state index contributed by atoms with van der Waals surface area (Å²) in [6.45, 7) is 1.90. The van der Waals surface area contributed by atoms with Gasteiger partial charge in [0.1, 0.15) is 23.9 Å². The van der Waals surface area contributed by atoms with Crippen molar-refractivity contribution < 1.29 is 9.53 Å². The van der Waals surface area contributed by atoms with Crippen molar-refractivity contribution in [2.75, 3.05) is 17.7 Å². The number of ether oxygens (including phenoxy) is 1. The summed E-state index contributed by atoms with van der Waals surface area (Å²) in [5.41, 5.74) is 8.65. The van der Waals surface area contributed by atoms with Gasteiger partial charge in [-0.15, -0.1) is 0 Å². The van der Waals surface area contributed by atoms with Crippen molar-refractivity contribution in [3.63, 3.8) is 0 Å². The summed E-state index contributed by atoms with van der Waals surface area (Å²) in [4.78, 5) is 15.7. The molecule has 2 aromatic rings. The van der Waals surface area contributed by atoms with Gasteiger partial charge in [-0.2, -0.15) is 0 Å². The van der Waals surface area contributed by atoms with Gasteiger partial charge in [0.15, 0.2) is 5.78 Å². The van der Waals surface area contributed by atoms with E-state index in [0.29, 0.717) is 29.4 Å². The second kappa shape index (κ2) is 5.28. The molecule has 0 saturated carbocycles. The van der Waals surface area contributed by atoms with Crippen LogP contribution in [0.15, 0.2) is 47.5 Å². The molecule has 0 atom stereocenters. The number of nitrogens with two attached hydrogens (primary N) is 1. The highest BCUT2D eigenvalue weighted by Crippen LogP contribution is 2.32. The summed E-state index contributed by atoms with van der Waals surface area (Å²) in [5, 5.41) is 3.18. The van der Waals surface area contributed by atoms with Crippen molar-refractivity contribution in [3.05, 3.63) is 48.0 Å². The highest BCUT2D eigenvalue weighted by molar-refractivity contribution is 6.00. The predicted octanol–water partition coefficient (Wildman–Crippen LogP) is 3.01. The van der Waals surface area contributed by atoms with E-state index in [0.717, 1.165) is 11.4 Å². The van der Waals surface area contributed by atoms with Crippen molar-refractivity contribution in [3.8, 4) is 5.75 Å². The molecule has 1 heterocycles. The average Bonchev–Trinajstić information content (AvgIpc) is 2.48. The first kappa shape index (κ1) is 13.2. The van der Waals surface area contributed by atoms with E-state index in [1.807, 2.05) is 18.2 Å². The first-order valence-electron chi connectivity index (χ1n) is 6.60. The fraction of sp³-hybridized carbons (Fsp3) is 0.125. The van der Waals surface area contributed by atoms with Gasteiger partial charge >= 0.3 is 0 Å². The van der Waals surface area contributed by atoms with Crippen LogP contribution in [0.5, 0.6) is 5.75 Å². The lowest BCUT2D eigenvalue weighted by molar-refractivity contribution is 0.101. The maximum Gasteiger partial charge on any atom is 0.159 e. The van der Waals surface area contributed by atoms with Gasteiger partial charge in [0, 0.05) is 23.0 Å². The Hall–Kier alpha value is -2.82. The SMILES string of the molecule is CC(=O)c1ccc(NC2=Nc3ccc(N)cc3OC2)cc1. The minimum absolute atomic E-state index is 0.0476. The molecule has 0 amide bonds. The molecule has 0 spiro atoms. The number of Topliss-reactive ketones (excluding diaryl/α,β-unsaturated/α-hetero) is 1. The normalized spacial score (nSPS) is 12.9. The molecule has 106 valence electrons. The monoisotopic (exact) mass is 281 g/mol. The second-order valence-electron chi connectivity index (χ2n) is 4.83. The Bertz CT molecular complexity index is 721. The van der Waals surface area contributed by atoms with Gasteiger partial charge in [0.2, 0.25) is 0 Å². The topological polar surface area (TPSA) is 76.7 Å². The van der Waals surface area contributed by atoms with Crippen LogP contribution in [-0.2, 0) is 0 Å². The molecule has 0 bridgehead atoms. The summed E-state index contributed by atoms with van der Waals surface area (Å²) in [6, 6.07) is 12.6. The lowest BCUT2D eigenvalue weighted by Crippen LogP contribution is -2.23. The number of amidine groups is 1. The summed E-state index contributed by atoms with van der Waals surface area (Å²) in [6.07, 6.45) is 0. The highest BCUT2D eigenvalue weighted by Gasteiger charge is 2.13. The van der Waals surface area contributed by atoms with Gasteiger partial charge in [0.25, 0.3) is 0 Å². The smallest absolute Gasteiger partial charge is 0.159 e. The number of benzene rings is 2. The molecule has 1 aliphatic heterocycles. The van der Waals surface area contributed by atoms with Crippen LogP contribution in [0.3, 0.4) is 0 Å². The van der Waals surface area contributed by atoms with E-state index in [-0.39, 0.29) is 5.78 Å². The van der Waals surface area contributed by atoms with Gasteiger partial charge in [-0.1, -0.05) is 0 Å². The molecule has 0 unspecified atom stereocenters. The van der Waals surface area contributed by atoms with E-state index in [9.17, 15) is 4.79 Å². The lowest BCUT2D eigenvalue weighted by Gasteiger charge is -2.18. The summed E-state index contributed by atoms with van der Waals surface area (Å²) in [7, 11) is 0. The molecule has 2 aromatic carbocycles. The molecule has 0 saturated heterocycles. The highest BCUT2D eigenvalue weighted by atomic mass is 16.5. The molecule has 5 heteroatoms. The number of carbonyl (C=O) groups excluding carboxylic acids is 1. The fourth-order valence-corrected chi connectivity index (χ4v) is 2.08. The first-order chi connectivity index (χ1) is 10.1. The number of nitrogens with one attached hydrogen (secondary N) is 1. The molecule has 21 heavy (non-hydrogen) atoms. The molecule has 1 aliphatic rings. The van der Waals surface area contributed by atoms with Gasteiger partial charge in [-0.25, -0.2) is 4.99 Å². The van der Waals surface area contributed by atoms with Gasteiger partial charge in [-0.05, 0) is 43.3 Å². The number of nitrogens with zero attached hydrogens (tertiary/aromatic N) is 1. The van der Waals surface area contributed by atoms with Crippen molar-refractivity contribution in [1.82, 2.24) is 0 Å². The van der Waals surface area contributed by atoms with E-state index in [1.54, 1.807) is 31.2 Å². The Kier molecular flexibility index (Phi) is 3.31. The van der Waals surface area contributed by atoms with Crippen molar-refractivity contribution >= 4 is 28.7 Å². The van der Waals surface area contributed by atoms with Gasteiger partial charge in [-0.3, -0.25) is 4.79 Å². The molecule has 0 aliphatic carbocycles. The van der Waals surface area contributed by atoms with Crippen LogP contribution in [-0.4, -0.2) is 18.2 Å². The third-order valence-corrected chi connectivity index (χ3v) is 3.18. The number of hydrogen-bond acceptors (Lipinski definition) is 5. The first-order valence-corrected chi connectivity index (χ1v) is 6.60. The van der Waals surface area contributed by atoms with Gasteiger partial charge in [0.05, 0.1) is 0 Å². The zero-order valence-corrected chi connectivity index (χ0v) is 11.6. The summed E-state index contributed by atoms with van der Waals surface area (Å²) in [5.74, 6) is 1.45. The van der Waals surface area contributed by atoms with Crippen LogP contribution in [0.25, 0.3) is 0 Å².